The molecule has 3 rings (SSSR count). The molecule has 6 nitrogen and oxygen atoms in total. The number of aryl methyl sites for hydroxylation is 1. The fourth-order valence-electron chi connectivity index (χ4n) is 3.08. The molecular weight excluding hydrogens is 350 g/mol. The Labute approximate surface area is 154 Å². The van der Waals surface area contributed by atoms with Gasteiger partial charge in [-0.25, -0.2) is 13.2 Å². The average molecular weight is 373 g/mol. The van der Waals surface area contributed by atoms with Crippen molar-refractivity contribution >= 4 is 21.7 Å². The van der Waals surface area contributed by atoms with Crippen molar-refractivity contribution in [3.05, 3.63) is 60.2 Å². The summed E-state index contributed by atoms with van der Waals surface area (Å²) in [5, 5.41) is 5.52. The highest BCUT2D eigenvalue weighted by molar-refractivity contribution is 7.89. The van der Waals surface area contributed by atoms with Crippen molar-refractivity contribution in [3.8, 4) is 0 Å². The van der Waals surface area contributed by atoms with Crippen LogP contribution in [0.15, 0.2) is 59.5 Å². The maximum Gasteiger partial charge on any atom is 0.319 e. The zero-order valence-corrected chi connectivity index (χ0v) is 15.5. The normalized spacial score (nSPS) is 17.8. The molecule has 2 N–H and O–H groups in total. The fourth-order valence-corrected chi connectivity index (χ4v) is 4.78. The van der Waals surface area contributed by atoms with Crippen molar-refractivity contribution in [3.63, 3.8) is 0 Å². The Bertz CT molecular complexity index is 851. The third-order valence-electron chi connectivity index (χ3n) is 4.48. The monoisotopic (exact) mass is 373 g/mol. The summed E-state index contributed by atoms with van der Waals surface area (Å²) in [6, 6.07) is 15.4. The van der Waals surface area contributed by atoms with Gasteiger partial charge in [0.1, 0.15) is 0 Å². The highest BCUT2D eigenvalue weighted by Gasteiger charge is 2.35. The standard InChI is InChI=1S/C19H23N3O3S/c1-15-9-11-18(12-10-15)26(24,25)22-13-5-8-17(22)14-20-19(23)21-16-6-3-2-4-7-16/h2-4,6-7,9-12,17H,5,8,13-14H2,1H3,(H2,20,21,23). The third kappa shape index (κ3) is 4.23. The number of para-hydroxylation sites is 1. The molecule has 1 atom stereocenters. The predicted octanol–water partition coefficient (Wildman–Crippen LogP) is 2.97. The molecule has 0 spiro atoms. The van der Waals surface area contributed by atoms with Crippen LogP contribution < -0.4 is 10.6 Å². The number of hydrogen-bond acceptors (Lipinski definition) is 3. The zero-order valence-electron chi connectivity index (χ0n) is 14.7. The van der Waals surface area contributed by atoms with Crippen molar-refractivity contribution in [2.24, 2.45) is 0 Å². The lowest BCUT2D eigenvalue weighted by Crippen LogP contribution is -2.44. The van der Waals surface area contributed by atoms with E-state index in [1.54, 1.807) is 36.4 Å². The molecule has 1 saturated heterocycles. The van der Waals surface area contributed by atoms with E-state index < -0.39 is 10.0 Å². The largest absolute Gasteiger partial charge is 0.336 e. The van der Waals surface area contributed by atoms with Crippen LogP contribution in [0.2, 0.25) is 0 Å². The van der Waals surface area contributed by atoms with Gasteiger partial charge in [0.25, 0.3) is 0 Å². The molecule has 0 aromatic heterocycles. The van der Waals surface area contributed by atoms with Crippen molar-refractivity contribution in [2.75, 3.05) is 18.4 Å². The summed E-state index contributed by atoms with van der Waals surface area (Å²) in [7, 11) is -3.55. The first-order valence-corrected chi connectivity index (χ1v) is 10.1. The van der Waals surface area contributed by atoms with Crippen LogP contribution in [0.1, 0.15) is 18.4 Å². The van der Waals surface area contributed by atoms with Crippen LogP contribution in [0.4, 0.5) is 10.5 Å². The summed E-state index contributed by atoms with van der Waals surface area (Å²) in [6.07, 6.45) is 1.52. The molecule has 1 unspecified atom stereocenters. The summed E-state index contributed by atoms with van der Waals surface area (Å²) in [5.74, 6) is 0. The Morgan fingerprint density at radius 1 is 1.12 bits per heavy atom. The van der Waals surface area contributed by atoms with E-state index in [1.165, 1.54) is 4.31 Å². The Morgan fingerprint density at radius 3 is 2.50 bits per heavy atom. The lowest BCUT2D eigenvalue weighted by atomic mass is 10.2. The van der Waals surface area contributed by atoms with Gasteiger partial charge in [0.05, 0.1) is 4.90 Å². The number of urea groups is 1. The predicted molar refractivity (Wildman–Crippen MR) is 102 cm³/mol. The first kappa shape index (κ1) is 18.4. The number of sulfonamides is 1. The fraction of sp³-hybridized carbons (Fsp3) is 0.316. The first-order chi connectivity index (χ1) is 12.5. The molecule has 26 heavy (non-hydrogen) atoms. The van der Waals surface area contributed by atoms with Crippen molar-refractivity contribution < 1.29 is 13.2 Å². The van der Waals surface area contributed by atoms with Gasteiger partial charge in [0, 0.05) is 24.8 Å². The molecule has 0 aliphatic carbocycles. The third-order valence-corrected chi connectivity index (χ3v) is 6.45. The first-order valence-electron chi connectivity index (χ1n) is 8.65. The van der Waals surface area contributed by atoms with Gasteiger partial charge in [-0.15, -0.1) is 0 Å². The molecule has 0 bridgehead atoms. The number of nitrogens with zero attached hydrogens (tertiary/aromatic N) is 1. The summed E-state index contributed by atoms with van der Waals surface area (Å²) in [5.41, 5.74) is 1.71. The summed E-state index contributed by atoms with van der Waals surface area (Å²) < 4.78 is 27.3. The molecule has 0 saturated carbocycles. The Balaban J connectivity index is 1.63. The second-order valence-corrected chi connectivity index (χ2v) is 8.32. The number of amides is 2. The maximum absolute atomic E-state index is 12.9. The van der Waals surface area contributed by atoms with Crippen LogP contribution in [-0.4, -0.2) is 37.9 Å². The minimum absolute atomic E-state index is 0.233. The maximum atomic E-state index is 12.9. The second-order valence-electron chi connectivity index (χ2n) is 6.43. The van der Waals surface area contributed by atoms with Gasteiger partial charge in [-0.1, -0.05) is 35.9 Å². The molecule has 1 heterocycles. The van der Waals surface area contributed by atoms with E-state index in [2.05, 4.69) is 10.6 Å². The molecule has 1 aliphatic heterocycles. The van der Waals surface area contributed by atoms with Gasteiger partial charge in [-0.05, 0) is 44.0 Å². The second kappa shape index (κ2) is 7.88. The number of nitrogens with one attached hydrogen (secondary N) is 2. The lowest BCUT2D eigenvalue weighted by Gasteiger charge is -2.24. The van der Waals surface area contributed by atoms with Crippen molar-refractivity contribution in [1.29, 1.82) is 0 Å². The van der Waals surface area contributed by atoms with Gasteiger partial charge in [-0.3, -0.25) is 0 Å². The van der Waals surface area contributed by atoms with E-state index in [0.717, 1.165) is 18.4 Å². The number of hydrogen-bond donors (Lipinski definition) is 2. The van der Waals surface area contributed by atoms with Crippen LogP contribution >= 0.6 is 0 Å². The van der Waals surface area contributed by atoms with E-state index >= 15 is 0 Å². The Morgan fingerprint density at radius 2 is 1.81 bits per heavy atom. The molecule has 7 heteroatoms. The Kier molecular flexibility index (Phi) is 5.58. The van der Waals surface area contributed by atoms with Crippen LogP contribution in [0, 0.1) is 6.92 Å². The van der Waals surface area contributed by atoms with E-state index in [0.29, 0.717) is 17.1 Å². The summed E-state index contributed by atoms with van der Waals surface area (Å²) >= 11 is 0. The average Bonchev–Trinajstić information content (AvgIpc) is 3.11. The van der Waals surface area contributed by atoms with Crippen LogP contribution in [0.3, 0.4) is 0 Å². The molecule has 0 radical (unpaired) electrons. The van der Waals surface area contributed by atoms with E-state index in [4.69, 9.17) is 0 Å². The molecule has 138 valence electrons. The topological polar surface area (TPSA) is 78.5 Å². The van der Waals surface area contributed by atoms with Gasteiger partial charge in [0.2, 0.25) is 10.0 Å². The number of anilines is 1. The lowest BCUT2D eigenvalue weighted by molar-refractivity contribution is 0.249. The quantitative estimate of drug-likeness (QED) is 0.846. The van der Waals surface area contributed by atoms with E-state index in [9.17, 15) is 13.2 Å². The molecule has 2 aromatic rings. The SMILES string of the molecule is Cc1ccc(S(=O)(=O)N2CCCC2CNC(=O)Nc2ccccc2)cc1. The molecule has 2 aromatic carbocycles. The van der Waals surface area contributed by atoms with Crippen molar-refractivity contribution in [1.82, 2.24) is 9.62 Å². The van der Waals surface area contributed by atoms with Gasteiger partial charge in [-0.2, -0.15) is 4.31 Å². The smallest absolute Gasteiger partial charge is 0.319 e. The minimum atomic E-state index is -3.55. The van der Waals surface area contributed by atoms with Crippen LogP contribution in [-0.2, 0) is 10.0 Å². The zero-order chi connectivity index (χ0) is 18.6. The Hall–Kier alpha value is -2.38. The van der Waals surface area contributed by atoms with Crippen LogP contribution in [0.5, 0.6) is 0 Å². The molecule has 2 amide bonds. The summed E-state index contributed by atoms with van der Waals surface area (Å²) in [6.45, 7) is 2.68. The highest BCUT2D eigenvalue weighted by Crippen LogP contribution is 2.26. The van der Waals surface area contributed by atoms with E-state index in [1.807, 2.05) is 25.1 Å². The number of benzene rings is 2. The number of carbonyl (C=O) groups excluding carboxylic acids is 1. The van der Waals surface area contributed by atoms with Gasteiger partial charge < -0.3 is 10.6 Å². The number of rotatable bonds is 5. The molecule has 1 aliphatic rings. The minimum Gasteiger partial charge on any atom is -0.336 e. The van der Waals surface area contributed by atoms with E-state index in [-0.39, 0.29) is 18.6 Å². The summed E-state index contributed by atoms with van der Waals surface area (Å²) in [4.78, 5) is 12.3. The van der Waals surface area contributed by atoms with Crippen LogP contribution in [0.25, 0.3) is 0 Å². The number of carbonyl (C=O) groups is 1. The molecular formula is C19H23N3O3S. The van der Waals surface area contributed by atoms with Crippen molar-refractivity contribution in [2.45, 2.75) is 30.7 Å². The molecule has 1 fully saturated rings. The van der Waals surface area contributed by atoms with Gasteiger partial charge >= 0.3 is 6.03 Å². The van der Waals surface area contributed by atoms with Gasteiger partial charge in [0.15, 0.2) is 0 Å². The highest BCUT2D eigenvalue weighted by atomic mass is 32.2.